The molecular weight excluding hydrogens is 449 g/mol. The molecule has 0 aliphatic carbocycles. The lowest BCUT2D eigenvalue weighted by molar-refractivity contribution is -0.158. The monoisotopic (exact) mass is 476 g/mol. The van der Waals surface area contributed by atoms with Crippen molar-refractivity contribution in [3.05, 3.63) is 48.0 Å². The Morgan fingerprint density at radius 1 is 1.18 bits per heavy atom. The van der Waals surface area contributed by atoms with Gasteiger partial charge in [0.1, 0.15) is 18.0 Å². The summed E-state index contributed by atoms with van der Waals surface area (Å²) in [7, 11) is 1.56. The summed E-state index contributed by atoms with van der Waals surface area (Å²) in [4.78, 5) is 10.8. The molecular formula is C24H27F3N4O3. The van der Waals surface area contributed by atoms with Crippen LogP contribution in [-0.4, -0.2) is 60.9 Å². The number of hydrogen-bond acceptors (Lipinski definition) is 7. The van der Waals surface area contributed by atoms with E-state index in [-0.39, 0.29) is 5.82 Å². The Labute approximate surface area is 195 Å². The summed E-state index contributed by atoms with van der Waals surface area (Å²) in [5, 5.41) is 3.94. The number of anilines is 2. The predicted molar refractivity (Wildman–Crippen MR) is 123 cm³/mol. The van der Waals surface area contributed by atoms with Crippen molar-refractivity contribution in [1.29, 1.82) is 0 Å². The van der Waals surface area contributed by atoms with Crippen molar-refractivity contribution in [1.82, 2.24) is 14.9 Å². The van der Waals surface area contributed by atoms with Crippen LogP contribution in [0.2, 0.25) is 0 Å². The van der Waals surface area contributed by atoms with E-state index >= 15 is 0 Å². The molecule has 1 atom stereocenters. The number of alkyl halides is 2. The van der Waals surface area contributed by atoms with Gasteiger partial charge >= 0.3 is 6.61 Å². The summed E-state index contributed by atoms with van der Waals surface area (Å²) in [6, 6.07) is 8.35. The molecule has 0 bridgehead atoms. The van der Waals surface area contributed by atoms with Crippen molar-refractivity contribution in [3.63, 3.8) is 0 Å². The Balaban J connectivity index is 1.42. The molecule has 0 unspecified atom stereocenters. The molecule has 0 radical (unpaired) electrons. The SMILES string of the molecule is COc1cc2ncnc(Nc3ccc(F)c(C)c3)c2cc1OCCCN1CC[C@H](OC(F)F)C1. The van der Waals surface area contributed by atoms with Gasteiger partial charge < -0.3 is 24.4 Å². The standard InChI is InChI=1S/C24H27F3N4O3/c1-15-10-16(4-5-19(15)25)30-23-18-11-22(21(32-2)12-20(18)28-14-29-23)33-9-3-7-31-8-6-17(13-31)34-24(26)27/h4-5,10-12,14,17,24H,3,6-9,13H2,1-2H3,(H,28,29,30)/t17-/m0/s1. The highest BCUT2D eigenvalue weighted by Gasteiger charge is 2.25. The number of likely N-dealkylation sites (tertiary alicyclic amines) is 1. The second-order valence-corrected chi connectivity index (χ2v) is 8.14. The molecule has 0 saturated carbocycles. The average molecular weight is 476 g/mol. The number of nitrogens with zero attached hydrogens (tertiary/aromatic N) is 3. The van der Waals surface area contributed by atoms with Crippen molar-refractivity contribution < 1.29 is 27.4 Å². The maximum atomic E-state index is 13.6. The van der Waals surface area contributed by atoms with Crippen LogP contribution in [0.15, 0.2) is 36.7 Å². The van der Waals surface area contributed by atoms with Crippen molar-refractivity contribution in [2.24, 2.45) is 0 Å². The first-order valence-electron chi connectivity index (χ1n) is 11.1. The first-order chi connectivity index (χ1) is 16.4. The van der Waals surface area contributed by atoms with E-state index in [1.165, 1.54) is 12.4 Å². The first-order valence-corrected chi connectivity index (χ1v) is 11.1. The smallest absolute Gasteiger partial charge is 0.345 e. The molecule has 1 aliphatic rings. The number of benzene rings is 2. The molecule has 34 heavy (non-hydrogen) atoms. The Kier molecular flexibility index (Phi) is 7.69. The summed E-state index contributed by atoms with van der Waals surface area (Å²) < 4.78 is 54.4. The second kappa shape index (κ2) is 10.9. The van der Waals surface area contributed by atoms with Crippen molar-refractivity contribution in [2.45, 2.75) is 32.5 Å². The van der Waals surface area contributed by atoms with Crippen LogP contribution in [0.5, 0.6) is 11.5 Å². The number of ether oxygens (including phenoxy) is 3. The molecule has 1 N–H and O–H groups in total. The predicted octanol–water partition coefficient (Wildman–Crippen LogP) is 4.91. The lowest BCUT2D eigenvalue weighted by atomic mass is 10.2. The number of hydrogen-bond donors (Lipinski definition) is 1. The normalized spacial score (nSPS) is 16.4. The third kappa shape index (κ3) is 5.87. The van der Waals surface area contributed by atoms with Gasteiger partial charge in [0.2, 0.25) is 0 Å². The number of aryl methyl sites for hydroxylation is 1. The molecule has 1 fully saturated rings. The minimum atomic E-state index is -2.73. The zero-order valence-electron chi connectivity index (χ0n) is 19.1. The van der Waals surface area contributed by atoms with E-state index in [9.17, 15) is 13.2 Å². The molecule has 4 rings (SSSR count). The molecule has 1 aromatic heterocycles. The van der Waals surface area contributed by atoms with Crippen LogP contribution < -0.4 is 14.8 Å². The average Bonchev–Trinajstić information content (AvgIpc) is 3.25. The zero-order chi connectivity index (χ0) is 24.1. The Hall–Kier alpha value is -3.11. The van der Waals surface area contributed by atoms with Crippen LogP contribution in [0, 0.1) is 12.7 Å². The van der Waals surface area contributed by atoms with Gasteiger partial charge in [0, 0.05) is 36.8 Å². The van der Waals surface area contributed by atoms with E-state index in [1.807, 2.05) is 6.07 Å². The van der Waals surface area contributed by atoms with Gasteiger partial charge in [0.05, 0.1) is 25.3 Å². The Morgan fingerprint density at radius 2 is 2.03 bits per heavy atom. The van der Waals surface area contributed by atoms with Crippen LogP contribution in [-0.2, 0) is 4.74 Å². The summed E-state index contributed by atoms with van der Waals surface area (Å²) in [6.07, 6.45) is 2.35. The number of rotatable bonds is 10. The molecule has 2 heterocycles. The number of methoxy groups -OCH3 is 1. The van der Waals surface area contributed by atoms with Gasteiger partial charge in [-0.25, -0.2) is 14.4 Å². The van der Waals surface area contributed by atoms with Crippen molar-refractivity contribution in [3.8, 4) is 11.5 Å². The largest absolute Gasteiger partial charge is 0.493 e. The van der Waals surface area contributed by atoms with E-state index in [2.05, 4.69) is 24.9 Å². The maximum absolute atomic E-state index is 13.6. The second-order valence-electron chi connectivity index (χ2n) is 8.14. The third-order valence-corrected chi connectivity index (χ3v) is 5.74. The minimum Gasteiger partial charge on any atom is -0.493 e. The number of nitrogens with one attached hydrogen (secondary N) is 1. The first kappa shape index (κ1) is 24.0. The van der Waals surface area contributed by atoms with Gasteiger partial charge in [0.15, 0.2) is 11.5 Å². The van der Waals surface area contributed by atoms with Gasteiger partial charge in [-0.05, 0) is 49.6 Å². The number of halogens is 3. The molecule has 3 aromatic rings. The highest BCUT2D eigenvalue weighted by molar-refractivity contribution is 5.93. The highest BCUT2D eigenvalue weighted by Crippen LogP contribution is 2.35. The molecule has 10 heteroatoms. The molecule has 0 amide bonds. The van der Waals surface area contributed by atoms with Gasteiger partial charge in [-0.15, -0.1) is 0 Å². The highest BCUT2D eigenvalue weighted by atomic mass is 19.3. The summed E-state index contributed by atoms with van der Waals surface area (Å²) in [5.41, 5.74) is 1.90. The fourth-order valence-electron chi connectivity index (χ4n) is 4.02. The Bertz CT molecular complexity index is 1130. The number of aromatic nitrogens is 2. The van der Waals surface area contributed by atoms with E-state index < -0.39 is 12.7 Å². The van der Waals surface area contributed by atoms with Crippen LogP contribution in [0.4, 0.5) is 24.7 Å². The quantitative estimate of drug-likeness (QED) is 0.417. The van der Waals surface area contributed by atoms with Gasteiger partial charge in [-0.1, -0.05) is 0 Å². The van der Waals surface area contributed by atoms with E-state index in [1.54, 1.807) is 32.2 Å². The fourth-order valence-corrected chi connectivity index (χ4v) is 4.02. The zero-order valence-corrected chi connectivity index (χ0v) is 19.1. The molecule has 182 valence electrons. The van der Waals surface area contributed by atoms with Crippen LogP contribution in [0.3, 0.4) is 0 Å². The third-order valence-electron chi connectivity index (χ3n) is 5.74. The van der Waals surface area contributed by atoms with Crippen molar-refractivity contribution in [2.75, 3.05) is 38.7 Å². The van der Waals surface area contributed by atoms with Crippen LogP contribution >= 0.6 is 0 Å². The molecule has 0 spiro atoms. The van der Waals surface area contributed by atoms with E-state index in [0.29, 0.717) is 60.1 Å². The molecule has 1 saturated heterocycles. The lowest BCUT2D eigenvalue weighted by Crippen LogP contribution is -2.26. The van der Waals surface area contributed by atoms with Gasteiger partial charge in [-0.3, -0.25) is 0 Å². The van der Waals surface area contributed by atoms with Crippen LogP contribution in [0.25, 0.3) is 10.9 Å². The van der Waals surface area contributed by atoms with E-state index in [4.69, 9.17) is 9.47 Å². The van der Waals surface area contributed by atoms with Crippen LogP contribution in [0.1, 0.15) is 18.4 Å². The fraction of sp³-hybridized carbons (Fsp3) is 0.417. The number of fused-ring (bicyclic) bond motifs is 1. The lowest BCUT2D eigenvalue weighted by Gasteiger charge is -2.17. The molecule has 7 nitrogen and oxygen atoms in total. The molecule has 1 aliphatic heterocycles. The molecule has 2 aromatic carbocycles. The summed E-state index contributed by atoms with van der Waals surface area (Å²) >= 11 is 0. The van der Waals surface area contributed by atoms with Crippen molar-refractivity contribution >= 4 is 22.4 Å². The maximum Gasteiger partial charge on any atom is 0.345 e. The summed E-state index contributed by atoms with van der Waals surface area (Å²) in [5.74, 6) is 1.37. The summed E-state index contributed by atoms with van der Waals surface area (Å²) in [6.45, 7) is 1.34. The Morgan fingerprint density at radius 3 is 2.79 bits per heavy atom. The topological polar surface area (TPSA) is 68.7 Å². The van der Waals surface area contributed by atoms with E-state index in [0.717, 1.165) is 18.5 Å². The minimum absolute atomic E-state index is 0.274. The van der Waals surface area contributed by atoms with Gasteiger partial charge in [0.25, 0.3) is 0 Å². The van der Waals surface area contributed by atoms with Gasteiger partial charge in [-0.2, -0.15) is 8.78 Å².